The summed E-state index contributed by atoms with van der Waals surface area (Å²) >= 11 is 1.51. The normalized spacial score (nSPS) is 15.4. The number of hydrogen-bond acceptors (Lipinski definition) is 4. The summed E-state index contributed by atoms with van der Waals surface area (Å²) in [5.74, 6) is -0.0354. The van der Waals surface area contributed by atoms with Crippen molar-refractivity contribution in [3.63, 3.8) is 0 Å². The van der Waals surface area contributed by atoms with E-state index in [2.05, 4.69) is 5.32 Å². The average molecular weight is 329 g/mol. The lowest BCUT2D eigenvalue weighted by Crippen LogP contribution is -2.46. The number of likely N-dealkylation sites (tertiary alicyclic amines) is 1. The summed E-state index contributed by atoms with van der Waals surface area (Å²) in [6, 6.07) is 8.97. The molecule has 3 rings (SSSR count). The van der Waals surface area contributed by atoms with Crippen LogP contribution in [0.1, 0.15) is 33.6 Å². The zero-order chi connectivity index (χ0) is 16.2. The molecule has 1 fully saturated rings. The van der Waals surface area contributed by atoms with Crippen LogP contribution < -0.4 is 11.1 Å². The fourth-order valence-electron chi connectivity index (χ4n) is 2.74. The zero-order valence-corrected chi connectivity index (χ0v) is 13.5. The molecular formula is C17H19N3O2S. The summed E-state index contributed by atoms with van der Waals surface area (Å²) in [6.45, 7) is 1.28. The second-order valence-corrected chi connectivity index (χ2v) is 6.46. The van der Waals surface area contributed by atoms with Crippen LogP contribution in [0.3, 0.4) is 0 Å². The van der Waals surface area contributed by atoms with Gasteiger partial charge in [0.25, 0.3) is 11.8 Å². The Labute approximate surface area is 139 Å². The van der Waals surface area contributed by atoms with Gasteiger partial charge in [-0.25, -0.2) is 0 Å². The van der Waals surface area contributed by atoms with Crippen LogP contribution in [0.25, 0.3) is 0 Å². The number of benzene rings is 1. The number of anilines is 1. The molecule has 0 atom stereocenters. The van der Waals surface area contributed by atoms with E-state index in [0.717, 1.165) is 12.8 Å². The first kappa shape index (κ1) is 15.6. The van der Waals surface area contributed by atoms with Crippen molar-refractivity contribution in [1.29, 1.82) is 0 Å². The lowest BCUT2D eigenvalue weighted by atomic mass is 10.0. The molecule has 0 unspecified atom stereocenters. The Balaban J connectivity index is 1.54. The van der Waals surface area contributed by atoms with Crippen molar-refractivity contribution in [3.8, 4) is 0 Å². The third-order valence-corrected chi connectivity index (χ3v) is 4.72. The monoisotopic (exact) mass is 329 g/mol. The fourth-order valence-corrected chi connectivity index (χ4v) is 3.38. The van der Waals surface area contributed by atoms with Crippen molar-refractivity contribution in [2.45, 2.75) is 18.9 Å². The van der Waals surface area contributed by atoms with Crippen molar-refractivity contribution in [2.75, 3.05) is 18.8 Å². The van der Waals surface area contributed by atoms with Crippen LogP contribution in [-0.2, 0) is 0 Å². The van der Waals surface area contributed by atoms with E-state index < -0.39 is 0 Å². The smallest absolute Gasteiger partial charge is 0.253 e. The second-order valence-electron chi connectivity index (χ2n) is 5.68. The molecule has 2 amide bonds. The molecule has 1 saturated heterocycles. The molecule has 3 N–H and O–H groups in total. The highest BCUT2D eigenvalue weighted by Crippen LogP contribution is 2.16. The maximum Gasteiger partial charge on any atom is 0.253 e. The quantitative estimate of drug-likeness (QED) is 0.849. The van der Waals surface area contributed by atoms with E-state index >= 15 is 0 Å². The molecular weight excluding hydrogens is 310 g/mol. The summed E-state index contributed by atoms with van der Waals surface area (Å²) in [5, 5.41) is 6.77. The third kappa shape index (κ3) is 3.71. The van der Waals surface area contributed by atoms with Gasteiger partial charge in [0.1, 0.15) is 0 Å². The predicted octanol–water partition coefficient (Wildman–Crippen LogP) is 2.36. The van der Waals surface area contributed by atoms with E-state index in [9.17, 15) is 9.59 Å². The predicted molar refractivity (Wildman–Crippen MR) is 91.6 cm³/mol. The molecule has 0 saturated carbocycles. The van der Waals surface area contributed by atoms with Crippen LogP contribution in [0.4, 0.5) is 5.69 Å². The summed E-state index contributed by atoms with van der Waals surface area (Å²) in [5.41, 5.74) is 7.64. The van der Waals surface area contributed by atoms with Gasteiger partial charge in [-0.3, -0.25) is 9.59 Å². The summed E-state index contributed by atoms with van der Waals surface area (Å²) in [4.78, 5) is 26.3. The minimum absolute atomic E-state index is 0.0000823. The molecule has 23 heavy (non-hydrogen) atoms. The summed E-state index contributed by atoms with van der Waals surface area (Å²) in [7, 11) is 0. The van der Waals surface area contributed by atoms with Crippen molar-refractivity contribution in [1.82, 2.24) is 10.2 Å². The lowest BCUT2D eigenvalue weighted by molar-refractivity contribution is 0.0698. The molecule has 120 valence electrons. The van der Waals surface area contributed by atoms with E-state index in [1.165, 1.54) is 11.3 Å². The number of piperidine rings is 1. The first-order chi connectivity index (χ1) is 11.1. The van der Waals surface area contributed by atoms with Crippen molar-refractivity contribution >= 4 is 28.8 Å². The Morgan fingerprint density at radius 2 is 1.96 bits per heavy atom. The number of carbonyl (C=O) groups is 2. The summed E-state index contributed by atoms with van der Waals surface area (Å²) < 4.78 is 0. The largest absolute Gasteiger partial charge is 0.399 e. The van der Waals surface area contributed by atoms with Gasteiger partial charge in [-0.15, -0.1) is 0 Å². The lowest BCUT2D eigenvalue weighted by Gasteiger charge is -2.32. The molecule has 2 heterocycles. The first-order valence-corrected chi connectivity index (χ1v) is 8.55. The number of hydrogen-bond donors (Lipinski definition) is 2. The molecule has 1 aliphatic heterocycles. The second kappa shape index (κ2) is 6.83. The minimum Gasteiger partial charge on any atom is -0.399 e. The highest BCUT2D eigenvalue weighted by atomic mass is 32.1. The van der Waals surface area contributed by atoms with E-state index in [1.54, 1.807) is 24.3 Å². The van der Waals surface area contributed by atoms with Gasteiger partial charge in [-0.2, -0.15) is 11.3 Å². The van der Waals surface area contributed by atoms with Crippen molar-refractivity contribution in [3.05, 3.63) is 52.2 Å². The zero-order valence-electron chi connectivity index (χ0n) is 12.7. The van der Waals surface area contributed by atoms with Crippen LogP contribution in [-0.4, -0.2) is 35.8 Å². The molecule has 0 aliphatic carbocycles. The Morgan fingerprint density at radius 1 is 1.17 bits per heavy atom. The molecule has 0 spiro atoms. The van der Waals surface area contributed by atoms with E-state index in [-0.39, 0.29) is 17.9 Å². The van der Waals surface area contributed by atoms with E-state index in [4.69, 9.17) is 5.73 Å². The molecule has 6 heteroatoms. The van der Waals surface area contributed by atoms with Crippen LogP contribution in [0, 0.1) is 0 Å². The number of thiophene rings is 1. The number of nitrogens with zero attached hydrogens (tertiary/aromatic N) is 1. The van der Waals surface area contributed by atoms with Gasteiger partial charge in [0, 0.05) is 41.3 Å². The first-order valence-electron chi connectivity index (χ1n) is 7.61. The SMILES string of the molecule is Nc1cccc(C(=O)N2CCC(NC(=O)c3ccsc3)CC2)c1. The van der Waals surface area contributed by atoms with E-state index in [0.29, 0.717) is 29.9 Å². The van der Waals surface area contributed by atoms with Gasteiger partial charge in [0.05, 0.1) is 0 Å². The molecule has 5 nitrogen and oxygen atoms in total. The van der Waals surface area contributed by atoms with E-state index in [1.807, 2.05) is 21.7 Å². The molecule has 1 aromatic heterocycles. The number of nitrogen functional groups attached to an aromatic ring is 1. The Hall–Kier alpha value is -2.34. The van der Waals surface area contributed by atoms with Crippen molar-refractivity contribution < 1.29 is 9.59 Å². The Morgan fingerprint density at radius 3 is 2.61 bits per heavy atom. The number of carbonyl (C=O) groups excluding carboxylic acids is 2. The van der Waals surface area contributed by atoms with Crippen LogP contribution in [0.2, 0.25) is 0 Å². The number of rotatable bonds is 3. The van der Waals surface area contributed by atoms with Crippen LogP contribution in [0.15, 0.2) is 41.1 Å². The average Bonchev–Trinajstić information content (AvgIpc) is 3.09. The maximum atomic E-state index is 12.5. The highest BCUT2D eigenvalue weighted by molar-refractivity contribution is 7.08. The Kier molecular flexibility index (Phi) is 4.62. The molecule has 2 aromatic rings. The van der Waals surface area contributed by atoms with Crippen LogP contribution in [0.5, 0.6) is 0 Å². The van der Waals surface area contributed by atoms with Gasteiger partial charge in [-0.1, -0.05) is 6.07 Å². The van der Waals surface area contributed by atoms with Gasteiger partial charge >= 0.3 is 0 Å². The molecule has 0 bridgehead atoms. The molecule has 1 aliphatic rings. The van der Waals surface area contributed by atoms with Gasteiger partial charge in [-0.05, 0) is 42.5 Å². The summed E-state index contributed by atoms with van der Waals surface area (Å²) in [6.07, 6.45) is 1.54. The standard InChI is InChI=1S/C17H19N3O2S/c18-14-3-1-2-12(10-14)17(22)20-7-4-15(5-8-20)19-16(21)13-6-9-23-11-13/h1-3,6,9-11,15H,4-5,7-8,18H2,(H,19,21). The topological polar surface area (TPSA) is 75.4 Å². The van der Waals surface area contributed by atoms with Gasteiger partial charge in [0.15, 0.2) is 0 Å². The Bertz CT molecular complexity index is 692. The minimum atomic E-state index is -0.0353. The maximum absolute atomic E-state index is 12.5. The number of nitrogens with one attached hydrogen (secondary N) is 1. The number of nitrogens with two attached hydrogens (primary N) is 1. The third-order valence-electron chi connectivity index (χ3n) is 4.03. The highest BCUT2D eigenvalue weighted by Gasteiger charge is 2.25. The molecule has 1 aromatic carbocycles. The van der Waals surface area contributed by atoms with Gasteiger partial charge < -0.3 is 16.0 Å². The van der Waals surface area contributed by atoms with Crippen molar-refractivity contribution in [2.24, 2.45) is 0 Å². The number of amides is 2. The van der Waals surface area contributed by atoms with Gasteiger partial charge in [0.2, 0.25) is 0 Å². The fraction of sp³-hybridized carbons (Fsp3) is 0.294. The molecule has 0 radical (unpaired) electrons. The van der Waals surface area contributed by atoms with Crippen LogP contribution >= 0.6 is 11.3 Å².